The molecule has 7 heteroatoms. The number of aromatic nitrogens is 1. The molecule has 0 aliphatic carbocycles. The predicted octanol–water partition coefficient (Wildman–Crippen LogP) is 1.02. The SMILES string of the molecule is CCS(=O)(=O)C1CSCCN1CC(=O)c1ccn(C)c1. The van der Waals surface area contributed by atoms with Crippen LogP contribution in [0.1, 0.15) is 17.3 Å². The van der Waals surface area contributed by atoms with E-state index in [0.29, 0.717) is 17.9 Å². The van der Waals surface area contributed by atoms with Crippen LogP contribution in [0.15, 0.2) is 18.5 Å². The van der Waals surface area contributed by atoms with Crippen LogP contribution in [0.4, 0.5) is 0 Å². The van der Waals surface area contributed by atoms with E-state index >= 15 is 0 Å². The lowest BCUT2D eigenvalue weighted by Gasteiger charge is -2.33. The fraction of sp³-hybridized carbons (Fsp3) is 0.615. The van der Waals surface area contributed by atoms with E-state index < -0.39 is 15.2 Å². The Balaban J connectivity index is 2.11. The van der Waals surface area contributed by atoms with Gasteiger partial charge < -0.3 is 4.57 Å². The van der Waals surface area contributed by atoms with E-state index in [1.54, 1.807) is 30.9 Å². The highest BCUT2D eigenvalue weighted by Crippen LogP contribution is 2.21. The Kier molecular flexibility index (Phi) is 4.93. The van der Waals surface area contributed by atoms with Crippen LogP contribution >= 0.6 is 11.8 Å². The second-order valence-corrected chi connectivity index (χ2v) is 8.54. The van der Waals surface area contributed by atoms with Crippen molar-refractivity contribution in [2.45, 2.75) is 12.3 Å². The summed E-state index contributed by atoms with van der Waals surface area (Å²) in [5.74, 6) is 1.53. The van der Waals surface area contributed by atoms with Crippen molar-refractivity contribution >= 4 is 27.4 Å². The first-order valence-electron chi connectivity index (χ1n) is 6.62. The molecule has 1 saturated heterocycles. The average Bonchev–Trinajstić information content (AvgIpc) is 2.86. The number of rotatable bonds is 5. The summed E-state index contributed by atoms with van der Waals surface area (Å²) in [6.45, 7) is 2.48. The van der Waals surface area contributed by atoms with Gasteiger partial charge in [-0.3, -0.25) is 9.69 Å². The second kappa shape index (κ2) is 6.32. The molecular weight excluding hydrogens is 296 g/mol. The molecule has 1 aromatic rings. The highest BCUT2D eigenvalue weighted by molar-refractivity contribution is 8.01. The molecule has 20 heavy (non-hydrogen) atoms. The number of sulfone groups is 1. The Hall–Kier alpha value is -0.790. The average molecular weight is 316 g/mol. The zero-order valence-electron chi connectivity index (χ0n) is 11.8. The Bertz CT molecular complexity index is 580. The zero-order valence-corrected chi connectivity index (χ0v) is 13.4. The van der Waals surface area contributed by atoms with Gasteiger partial charge in [0, 0.05) is 48.8 Å². The van der Waals surface area contributed by atoms with Gasteiger partial charge in [-0.25, -0.2) is 8.42 Å². The smallest absolute Gasteiger partial charge is 0.178 e. The van der Waals surface area contributed by atoms with Crippen LogP contribution in [-0.4, -0.2) is 59.4 Å². The van der Waals surface area contributed by atoms with Crippen molar-refractivity contribution in [3.8, 4) is 0 Å². The minimum atomic E-state index is -3.15. The van der Waals surface area contributed by atoms with Crippen LogP contribution in [0.5, 0.6) is 0 Å². The van der Waals surface area contributed by atoms with E-state index in [2.05, 4.69) is 0 Å². The molecule has 0 amide bonds. The van der Waals surface area contributed by atoms with Crippen molar-refractivity contribution < 1.29 is 13.2 Å². The van der Waals surface area contributed by atoms with E-state index in [-0.39, 0.29) is 18.1 Å². The van der Waals surface area contributed by atoms with Gasteiger partial charge in [0.25, 0.3) is 0 Å². The third-order valence-corrected chi connectivity index (χ3v) is 6.84. The van der Waals surface area contributed by atoms with E-state index in [0.717, 1.165) is 5.75 Å². The third kappa shape index (κ3) is 3.45. The van der Waals surface area contributed by atoms with Crippen LogP contribution in [0.25, 0.3) is 0 Å². The third-order valence-electron chi connectivity index (χ3n) is 3.51. The lowest BCUT2D eigenvalue weighted by molar-refractivity contribution is 0.0928. The molecule has 2 heterocycles. The standard InChI is InChI=1S/C13H20N2O3S2/c1-3-20(17,18)13-10-19-7-6-15(13)9-12(16)11-4-5-14(2)8-11/h4-5,8,13H,3,6-7,9-10H2,1-2H3. The quantitative estimate of drug-likeness (QED) is 0.759. The van der Waals surface area contributed by atoms with Gasteiger partial charge >= 0.3 is 0 Å². The Labute approximate surface area is 124 Å². The zero-order chi connectivity index (χ0) is 14.8. The van der Waals surface area contributed by atoms with Crippen molar-refractivity contribution in [2.75, 3.05) is 30.3 Å². The summed E-state index contributed by atoms with van der Waals surface area (Å²) in [6, 6.07) is 1.77. The highest BCUT2D eigenvalue weighted by Gasteiger charge is 2.33. The van der Waals surface area contributed by atoms with Crippen LogP contribution in [-0.2, 0) is 16.9 Å². The van der Waals surface area contributed by atoms with Gasteiger partial charge in [-0.1, -0.05) is 6.92 Å². The summed E-state index contributed by atoms with van der Waals surface area (Å²) < 4.78 is 26.1. The summed E-state index contributed by atoms with van der Waals surface area (Å²) in [5, 5.41) is -0.529. The van der Waals surface area contributed by atoms with E-state index in [1.165, 1.54) is 0 Å². The normalized spacial score (nSPS) is 21.0. The lowest BCUT2D eigenvalue weighted by Crippen LogP contribution is -2.49. The number of aryl methyl sites for hydroxylation is 1. The van der Waals surface area contributed by atoms with E-state index in [9.17, 15) is 13.2 Å². The monoisotopic (exact) mass is 316 g/mol. The van der Waals surface area contributed by atoms with Crippen molar-refractivity contribution in [1.82, 2.24) is 9.47 Å². The molecule has 1 aliphatic heterocycles. The molecule has 1 aliphatic rings. The minimum Gasteiger partial charge on any atom is -0.357 e. The summed E-state index contributed by atoms with van der Waals surface area (Å²) in [4.78, 5) is 14.0. The summed E-state index contributed by atoms with van der Waals surface area (Å²) in [7, 11) is -1.29. The number of thioether (sulfide) groups is 1. The molecular formula is C13H20N2O3S2. The van der Waals surface area contributed by atoms with Crippen LogP contribution < -0.4 is 0 Å². The lowest BCUT2D eigenvalue weighted by atomic mass is 10.2. The van der Waals surface area contributed by atoms with E-state index in [1.807, 2.05) is 22.7 Å². The van der Waals surface area contributed by atoms with Crippen molar-refractivity contribution in [1.29, 1.82) is 0 Å². The largest absolute Gasteiger partial charge is 0.357 e. The molecule has 5 nitrogen and oxygen atoms in total. The van der Waals surface area contributed by atoms with Crippen molar-refractivity contribution in [3.05, 3.63) is 24.0 Å². The highest BCUT2D eigenvalue weighted by atomic mass is 32.2. The number of ketones is 1. The fourth-order valence-corrected chi connectivity index (χ4v) is 5.34. The first-order valence-corrected chi connectivity index (χ1v) is 9.49. The molecule has 2 rings (SSSR count). The number of carbonyl (C=O) groups excluding carboxylic acids is 1. The second-order valence-electron chi connectivity index (χ2n) is 4.94. The van der Waals surface area contributed by atoms with Crippen LogP contribution in [0.3, 0.4) is 0 Å². The number of nitrogens with zero attached hydrogens (tertiary/aromatic N) is 2. The molecule has 0 N–H and O–H groups in total. The maximum atomic E-state index is 12.2. The first-order chi connectivity index (χ1) is 9.44. The number of hydrogen-bond donors (Lipinski definition) is 0. The summed E-state index contributed by atoms with van der Waals surface area (Å²) >= 11 is 1.64. The molecule has 0 aromatic carbocycles. The number of Topliss-reactive ketones (excluding diaryl/α,β-unsaturated/α-hetero) is 1. The molecule has 1 aromatic heterocycles. The number of hydrogen-bond acceptors (Lipinski definition) is 5. The fourth-order valence-electron chi connectivity index (χ4n) is 2.26. The topological polar surface area (TPSA) is 59.4 Å². The van der Waals surface area contributed by atoms with E-state index in [4.69, 9.17) is 0 Å². The predicted molar refractivity (Wildman–Crippen MR) is 81.9 cm³/mol. The molecule has 1 unspecified atom stereocenters. The van der Waals surface area contributed by atoms with Gasteiger partial charge in [0.1, 0.15) is 5.37 Å². The van der Waals surface area contributed by atoms with Gasteiger partial charge in [0.2, 0.25) is 0 Å². The maximum Gasteiger partial charge on any atom is 0.178 e. The van der Waals surface area contributed by atoms with Gasteiger partial charge in [-0.2, -0.15) is 11.8 Å². The van der Waals surface area contributed by atoms with Gasteiger partial charge in [-0.05, 0) is 6.07 Å². The molecule has 0 spiro atoms. The van der Waals surface area contributed by atoms with Crippen molar-refractivity contribution in [3.63, 3.8) is 0 Å². The maximum absolute atomic E-state index is 12.2. The molecule has 0 saturated carbocycles. The Morgan fingerprint density at radius 1 is 1.50 bits per heavy atom. The van der Waals surface area contributed by atoms with Crippen LogP contribution in [0, 0.1) is 0 Å². The minimum absolute atomic E-state index is 0.0196. The number of carbonyl (C=O) groups is 1. The summed E-state index contributed by atoms with van der Waals surface area (Å²) in [5.41, 5.74) is 0.637. The van der Waals surface area contributed by atoms with Gasteiger partial charge in [0.15, 0.2) is 15.6 Å². The van der Waals surface area contributed by atoms with Gasteiger partial charge in [-0.15, -0.1) is 0 Å². The Morgan fingerprint density at radius 3 is 2.85 bits per heavy atom. The van der Waals surface area contributed by atoms with Gasteiger partial charge in [0.05, 0.1) is 6.54 Å². The van der Waals surface area contributed by atoms with Crippen LogP contribution in [0.2, 0.25) is 0 Å². The van der Waals surface area contributed by atoms with Crippen molar-refractivity contribution in [2.24, 2.45) is 7.05 Å². The molecule has 1 atom stereocenters. The molecule has 112 valence electrons. The molecule has 0 radical (unpaired) electrons. The first kappa shape index (κ1) is 15.6. The molecule has 1 fully saturated rings. The molecule has 0 bridgehead atoms. The summed E-state index contributed by atoms with van der Waals surface area (Å²) in [6.07, 6.45) is 3.59. The Morgan fingerprint density at radius 2 is 2.25 bits per heavy atom.